The number of carbonyl (C=O) groups excluding carboxylic acids is 1. The zero-order valence-electron chi connectivity index (χ0n) is 13.4. The molecule has 2 atom stereocenters. The van der Waals surface area contributed by atoms with Gasteiger partial charge in [0.15, 0.2) is 5.78 Å². The second-order valence-corrected chi connectivity index (χ2v) is 6.00. The van der Waals surface area contributed by atoms with Crippen LogP contribution in [0.4, 0.5) is 0 Å². The van der Waals surface area contributed by atoms with Gasteiger partial charge in [-0.15, -0.1) is 0 Å². The van der Waals surface area contributed by atoms with Crippen molar-refractivity contribution in [2.24, 2.45) is 5.73 Å². The Morgan fingerprint density at radius 3 is 3.04 bits per heavy atom. The normalized spacial score (nSPS) is 22.5. The highest BCUT2D eigenvalue weighted by molar-refractivity contribution is 5.99. The zero-order valence-corrected chi connectivity index (χ0v) is 13.4. The predicted octanol–water partition coefficient (Wildman–Crippen LogP) is 2.67. The van der Waals surface area contributed by atoms with E-state index in [-0.39, 0.29) is 17.7 Å². The van der Waals surface area contributed by atoms with Crippen LogP contribution in [0.3, 0.4) is 0 Å². The van der Waals surface area contributed by atoms with Gasteiger partial charge in [-0.3, -0.25) is 9.48 Å². The van der Waals surface area contributed by atoms with Crippen molar-refractivity contribution in [2.75, 3.05) is 0 Å². The molecule has 0 saturated heterocycles. The van der Waals surface area contributed by atoms with Crippen molar-refractivity contribution >= 4 is 5.78 Å². The van der Waals surface area contributed by atoms with Gasteiger partial charge in [0.25, 0.3) is 0 Å². The number of ether oxygens (including phenoxy) is 1. The van der Waals surface area contributed by atoms with E-state index in [4.69, 9.17) is 10.5 Å². The van der Waals surface area contributed by atoms with Gasteiger partial charge in [-0.2, -0.15) is 10.4 Å². The lowest BCUT2D eigenvalue weighted by atomic mass is 9.79. The van der Waals surface area contributed by atoms with Crippen molar-refractivity contribution in [1.82, 2.24) is 9.78 Å². The molecule has 1 aliphatic heterocycles. The SMILES string of the molecule is CC[C@H](C)n1nccc1[C@@H]1C(C#N)=C(N)OC2=C1C(=O)CCC2. The largest absolute Gasteiger partial charge is 0.444 e. The summed E-state index contributed by atoms with van der Waals surface area (Å²) in [5.41, 5.74) is 7.65. The number of Topliss-reactive ketones (excluding diaryl/α,β-unsaturated/α-hetero) is 1. The van der Waals surface area contributed by atoms with Crippen LogP contribution in [0.1, 0.15) is 57.2 Å². The lowest BCUT2D eigenvalue weighted by Crippen LogP contribution is -2.29. The lowest BCUT2D eigenvalue weighted by molar-refractivity contribution is -0.116. The molecule has 0 spiro atoms. The Morgan fingerprint density at radius 1 is 1.57 bits per heavy atom. The third kappa shape index (κ3) is 2.42. The highest BCUT2D eigenvalue weighted by Crippen LogP contribution is 2.43. The molecule has 23 heavy (non-hydrogen) atoms. The Kier molecular flexibility index (Phi) is 3.95. The van der Waals surface area contributed by atoms with Crippen LogP contribution in [0.5, 0.6) is 0 Å². The van der Waals surface area contributed by atoms with Gasteiger partial charge in [-0.05, 0) is 25.8 Å². The number of nitrogens with two attached hydrogens (primary N) is 1. The van der Waals surface area contributed by atoms with Crippen LogP contribution in [0.25, 0.3) is 0 Å². The first kappa shape index (κ1) is 15.3. The molecule has 6 nitrogen and oxygen atoms in total. The summed E-state index contributed by atoms with van der Waals surface area (Å²) >= 11 is 0. The first-order valence-corrected chi connectivity index (χ1v) is 7.95. The van der Waals surface area contributed by atoms with Gasteiger partial charge in [0.1, 0.15) is 17.4 Å². The molecule has 1 aromatic heterocycles. The average Bonchev–Trinajstić information content (AvgIpc) is 3.02. The Balaban J connectivity index is 2.18. The Bertz CT molecular complexity index is 751. The van der Waals surface area contributed by atoms with Crippen LogP contribution in [-0.4, -0.2) is 15.6 Å². The minimum absolute atomic E-state index is 0.0356. The van der Waals surface area contributed by atoms with Gasteiger partial charge >= 0.3 is 0 Å². The summed E-state index contributed by atoms with van der Waals surface area (Å²) in [7, 11) is 0. The van der Waals surface area contributed by atoms with Crippen molar-refractivity contribution in [3.63, 3.8) is 0 Å². The number of ketones is 1. The molecular formula is C17H20N4O2. The molecule has 2 N–H and O–H groups in total. The van der Waals surface area contributed by atoms with Crippen molar-refractivity contribution in [1.29, 1.82) is 5.26 Å². The molecule has 0 amide bonds. The van der Waals surface area contributed by atoms with Gasteiger partial charge in [0.2, 0.25) is 5.88 Å². The van der Waals surface area contributed by atoms with Gasteiger partial charge in [-0.1, -0.05) is 6.92 Å². The number of rotatable bonds is 3. The quantitative estimate of drug-likeness (QED) is 0.926. The van der Waals surface area contributed by atoms with Crippen LogP contribution in [0.15, 0.2) is 35.1 Å². The average molecular weight is 312 g/mol. The fourth-order valence-electron chi connectivity index (χ4n) is 3.25. The molecule has 2 aliphatic rings. The fraction of sp³-hybridized carbons (Fsp3) is 0.471. The van der Waals surface area contributed by atoms with E-state index in [1.54, 1.807) is 6.20 Å². The molecule has 0 saturated carbocycles. The van der Waals surface area contributed by atoms with Crippen LogP contribution < -0.4 is 5.73 Å². The summed E-state index contributed by atoms with van der Waals surface area (Å²) in [5, 5.41) is 14.0. The van der Waals surface area contributed by atoms with E-state index in [0.717, 1.165) is 18.5 Å². The molecular weight excluding hydrogens is 292 g/mol. The van der Waals surface area contributed by atoms with E-state index in [2.05, 4.69) is 25.0 Å². The minimum Gasteiger partial charge on any atom is -0.444 e. The predicted molar refractivity (Wildman–Crippen MR) is 83.8 cm³/mol. The first-order valence-electron chi connectivity index (χ1n) is 7.95. The van der Waals surface area contributed by atoms with E-state index in [0.29, 0.717) is 29.7 Å². The van der Waals surface area contributed by atoms with E-state index >= 15 is 0 Å². The van der Waals surface area contributed by atoms with Gasteiger partial charge < -0.3 is 10.5 Å². The van der Waals surface area contributed by atoms with Gasteiger partial charge in [0.05, 0.1) is 11.6 Å². The number of nitriles is 1. The van der Waals surface area contributed by atoms with E-state index in [1.807, 2.05) is 10.7 Å². The molecule has 1 aliphatic carbocycles. The maximum atomic E-state index is 12.5. The number of carbonyl (C=O) groups is 1. The molecule has 2 heterocycles. The Morgan fingerprint density at radius 2 is 2.35 bits per heavy atom. The molecule has 0 fully saturated rings. The first-order chi connectivity index (χ1) is 11.1. The van der Waals surface area contributed by atoms with E-state index < -0.39 is 5.92 Å². The molecule has 0 bridgehead atoms. The maximum absolute atomic E-state index is 12.5. The molecule has 0 radical (unpaired) electrons. The summed E-state index contributed by atoms with van der Waals surface area (Å²) in [4.78, 5) is 12.5. The third-order valence-electron chi connectivity index (χ3n) is 4.61. The topological polar surface area (TPSA) is 93.9 Å². The number of allylic oxidation sites excluding steroid dienone is 3. The van der Waals surface area contributed by atoms with Gasteiger partial charge in [-0.25, -0.2) is 0 Å². The van der Waals surface area contributed by atoms with E-state index in [1.165, 1.54) is 0 Å². The van der Waals surface area contributed by atoms with Crippen LogP contribution >= 0.6 is 0 Å². The lowest BCUT2D eigenvalue weighted by Gasteiger charge is -2.31. The number of nitrogens with zero attached hydrogens (tertiary/aromatic N) is 3. The molecule has 0 unspecified atom stereocenters. The van der Waals surface area contributed by atoms with Crippen molar-refractivity contribution in [2.45, 2.75) is 51.5 Å². The number of hydrogen-bond acceptors (Lipinski definition) is 5. The molecule has 120 valence electrons. The fourth-order valence-corrected chi connectivity index (χ4v) is 3.25. The molecule has 1 aromatic rings. The third-order valence-corrected chi connectivity index (χ3v) is 4.61. The standard InChI is InChI=1S/C17H20N4O2/c1-3-10(2)21-12(7-8-20-21)15-11(9-18)17(19)23-14-6-4-5-13(22)16(14)15/h7-8,10,15H,3-6,19H2,1-2H3/t10-,15-/m0/s1. The molecule has 3 rings (SSSR count). The summed E-state index contributed by atoms with van der Waals surface area (Å²) in [6.07, 6.45) is 4.52. The summed E-state index contributed by atoms with van der Waals surface area (Å²) in [5.74, 6) is 0.268. The second kappa shape index (κ2) is 5.92. The van der Waals surface area contributed by atoms with Crippen molar-refractivity contribution in [3.8, 4) is 6.07 Å². The van der Waals surface area contributed by atoms with Crippen LogP contribution in [0.2, 0.25) is 0 Å². The Hall–Kier alpha value is -2.55. The van der Waals surface area contributed by atoms with E-state index in [9.17, 15) is 10.1 Å². The molecule has 6 heteroatoms. The van der Waals surface area contributed by atoms with Gasteiger partial charge in [0, 0.05) is 30.7 Å². The highest BCUT2D eigenvalue weighted by atomic mass is 16.5. The maximum Gasteiger partial charge on any atom is 0.205 e. The zero-order chi connectivity index (χ0) is 16.6. The summed E-state index contributed by atoms with van der Waals surface area (Å²) in [6, 6.07) is 4.17. The monoisotopic (exact) mass is 312 g/mol. The molecule has 0 aromatic carbocycles. The Labute approximate surface area is 135 Å². The second-order valence-electron chi connectivity index (χ2n) is 6.00. The highest BCUT2D eigenvalue weighted by Gasteiger charge is 2.39. The summed E-state index contributed by atoms with van der Waals surface area (Å²) in [6.45, 7) is 4.14. The van der Waals surface area contributed by atoms with Crippen molar-refractivity contribution < 1.29 is 9.53 Å². The number of aromatic nitrogens is 2. The summed E-state index contributed by atoms with van der Waals surface area (Å²) < 4.78 is 7.47. The minimum atomic E-state index is -0.479. The van der Waals surface area contributed by atoms with Crippen LogP contribution in [0, 0.1) is 11.3 Å². The smallest absolute Gasteiger partial charge is 0.205 e. The van der Waals surface area contributed by atoms with Crippen LogP contribution in [-0.2, 0) is 9.53 Å². The number of hydrogen-bond donors (Lipinski definition) is 1. The van der Waals surface area contributed by atoms with Crippen molar-refractivity contribution in [3.05, 3.63) is 40.7 Å².